The number of primary sulfonamides is 1. The molecule has 1 aliphatic rings. The number of benzene rings is 1. The van der Waals surface area contributed by atoms with Crippen LogP contribution in [0.1, 0.15) is 36.0 Å². The predicted octanol–water partition coefficient (Wildman–Crippen LogP) is 1.39. The highest BCUT2D eigenvalue weighted by atomic mass is 32.2. The summed E-state index contributed by atoms with van der Waals surface area (Å²) in [6.07, 6.45) is 4.39. The lowest BCUT2D eigenvalue weighted by molar-refractivity contribution is 0.0948. The minimum Gasteiger partial charge on any atom is -0.352 e. The summed E-state index contributed by atoms with van der Waals surface area (Å²) in [5, 5.41) is 7.54. The van der Waals surface area contributed by atoms with Crippen molar-refractivity contribution in [1.82, 2.24) is 5.32 Å². The van der Waals surface area contributed by atoms with E-state index >= 15 is 0 Å². The molecule has 2 rings (SSSR count). The zero-order valence-corrected chi connectivity index (χ0v) is 11.7. The van der Waals surface area contributed by atoms with Crippen molar-refractivity contribution in [2.45, 2.75) is 30.6 Å². The van der Waals surface area contributed by atoms with Gasteiger partial charge in [-0.1, -0.05) is 12.8 Å². The second kappa shape index (κ2) is 5.88. The molecule has 0 aromatic heterocycles. The van der Waals surface area contributed by atoms with Crippen LogP contribution in [0.5, 0.6) is 0 Å². The Bertz CT molecular complexity index is 612. The van der Waals surface area contributed by atoms with Crippen LogP contribution in [0.25, 0.3) is 0 Å². The third kappa shape index (κ3) is 4.01. The lowest BCUT2D eigenvalue weighted by Crippen LogP contribution is -2.26. The van der Waals surface area contributed by atoms with Crippen molar-refractivity contribution < 1.29 is 17.6 Å². The summed E-state index contributed by atoms with van der Waals surface area (Å²) in [6, 6.07) is 2.92. The maximum atomic E-state index is 13.6. The molecule has 0 spiro atoms. The number of hydrogen-bond donors (Lipinski definition) is 2. The molecule has 1 fully saturated rings. The smallest absolute Gasteiger partial charge is 0.254 e. The Morgan fingerprint density at radius 1 is 1.40 bits per heavy atom. The molecule has 7 heteroatoms. The van der Waals surface area contributed by atoms with E-state index in [4.69, 9.17) is 5.14 Å². The number of carbonyl (C=O) groups is 1. The van der Waals surface area contributed by atoms with Crippen LogP contribution in [-0.4, -0.2) is 20.9 Å². The van der Waals surface area contributed by atoms with Gasteiger partial charge in [0.15, 0.2) is 0 Å². The summed E-state index contributed by atoms with van der Waals surface area (Å²) in [7, 11) is -3.95. The van der Waals surface area contributed by atoms with Crippen LogP contribution in [0.3, 0.4) is 0 Å². The van der Waals surface area contributed by atoms with Gasteiger partial charge in [-0.3, -0.25) is 4.79 Å². The number of rotatable bonds is 6. The molecule has 0 unspecified atom stereocenters. The third-order valence-corrected chi connectivity index (χ3v) is 4.19. The molecule has 3 N–H and O–H groups in total. The molecule has 0 atom stereocenters. The van der Waals surface area contributed by atoms with Crippen molar-refractivity contribution in [2.24, 2.45) is 11.1 Å². The van der Waals surface area contributed by atoms with Gasteiger partial charge in [-0.15, -0.1) is 0 Å². The van der Waals surface area contributed by atoms with E-state index in [1.165, 1.54) is 12.8 Å². The second-order valence-electron chi connectivity index (χ2n) is 5.03. The summed E-state index contributed by atoms with van der Waals surface area (Å²) in [6.45, 7) is 0.453. The van der Waals surface area contributed by atoms with Crippen molar-refractivity contribution in [3.63, 3.8) is 0 Å². The number of amides is 1. The number of carbonyl (C=O) groups excluding carboxylic acids is 1. The molecule has 20 heavy (non-hydrogen) atoms. The van der Waals surface area contributed by atoms with Crippen LogP contribution in [0, 0.1) is 11.7 Å². The number of sulfonamides is 1. The normalized spacial score (nSPS) is 15.1. The average Bonchev–Trinajstić information content (AvgIpc) is 3.17. The van der Waals surface area contributed by atoms with E-state index in [-0.39, 0.29) is 10.5 Å². The van der Waals surface area contributed by atoms with Crippen LogP contribution >= 0.6 is 0 Å². The first kappa shape index (κ1) is 14.9. The molecule has 0 bridgehead atoms. The molecule has 110 valence electrons. The lowest BCUT2D eigenvalue weighted by atomic mass is 10.2. The van der Waals surface area contributed by atoms with E-state index in [9.17, 15) is 17.6 Å². The monoisotopic (exact) mass is 300 g/mol. The Hall–Kier alpha value is -1.47. The van der Waals surface area contributed by atoms with Gasteiger partial charge >= 0.3 is 0 Å². The van der Waals surface area contributed by atoms with Crippen LogP contribution in [-0.2, 0) is 10.0 Å². The quantitative estimate of drug-likeness (QED) is 0.778. The Labute approximate surface area is 117 Å². The van der Waals surface area contributed by atoms with Crippen molar-refractivity contribution in [3.8, 4) is 0 Å². The fourth-order valence-electron chi connectivity index (χ4n) is 1.95. The highest BCUT2D eigenvalue weighted by molar-refractivity contribution is 7.89. The van der Waals surface area contributed by atoms with Crippen LogP contribution in [0.15, 0.2) is 23.1 Å². The minimum absolute atomic E-state index is 0.276. The third-order valence-electron chi connectivity index (χ3n) is 3.28. The number of halogens is 1. The van der Waals surface area contributed by atoms with E-state index in [1.807, 2.05) is 0 Å². The summed E-state index contributed by atoms with van der Waals surface area (Å²) in [5.41, 5.74) is -0.303. The van der Waals surface area contributed by atoms with E-state index in [0.29, 0.717) is 6.54 Å². The molecule has 0 heterocycles. The van der Waals surface area contributed by atoms with Gasteiger partial charge in [-0.25, -0.2) is 17.9 Å². The summed E-state index contributed by atoms with van der Waals surface area (Å²) < 4.78 is 35.9. The Balaban J connectivity index is 2.00. The Morgan fingerprint density at radius 2 is 2.10 bits per heavy atom. The highest BCUT2D eigenvalue weighted by Gasteiger charge is 2.20. The van der Waals surface area contributed by atoms with Crippen molar-refractivity contribution in [2.75, 3.05) is 6.54 Å². The standard InChI is InChI=1S/C13H17FN2O3S/c14-12-6-5-10(20(15,18)19)8-11(12)13(17)16-7-1-2-9-3-4-9/h5-6,8-9H,1-4,7H2,(H,16,17)(H2,15,18,19). The molecule has 1 saturated carbocycles. The molecule has 0 aliphatic heterocycles. The Morgan fingerprint density at radius 3 is 2.70 bits per heavy atom. The molecule has 1 amide bonds. The number of hydrogen-bond acceptors (Lipinski definition) is 3. The molecule has 1 aromatic rings. The van der Waals surface area contributed by atoms with E-state index in [0.717, 1.165) is 37.0 Å². The first-order valence-electron chi connectivity index (χ1n) is 6.48. The maximum Gasteiger partial charge on any atom is 0.254 e. The molecule has 1 aromatic carbocycles. The van der Waals surface area contributed by atoms with Gasteiger partial charge in [0, 0.05) is 6.54 Å². The van der Waals surface area contributed by atoms with Gasteiger partial charge in [-0.2, -0.15) is 0 Å². The molecule has 0 saturated heterocycles. The van der Waals surface area contributed by atoms with Crippen molar-refractivity contribution in [1.29, 1.82) is 0 Å². The minimum atomic E-state index is -3.95. The fraction of sp³-hybridized carbons (Fsp3) is 0.462. The van der Waals surface area contributed by atoms with Crippen molar-refractivity contribution in [3.05, 3.63) is 29.6 Å². The Kier molecular flexibility index (Phi) is 4.39. The molecule has 0 radical (unpaired) electrons. The SMILES string of the molecule is NS(=O)(=O)c1ccc(F)c(C(=O)NCCCC2CC2)c1. The highest BCUT2D eigenvalue weighted by Crippen LogP contribution is 2.33. The molecule has 1 aliphatic carbocycles. The maximum absolute atomic E-state index is 13.6. The second-order valence-corrected chi connectivity index (χ2v) is 6.59. The number of nitrogens with one attached hydrogen (secondary N) is 1. The fourth-order valence-corrected chi connectivity index (χ4v) is 2.49. The van der Waals surface area contributed by atoms with Crippen LogP contribution in [0.2, 0.25) is 0 Å². The predicted molar refractivity (Wildman–Crippen MR) is 72.1 cm³/mol. The summed E-state index contributed by atoms with van der Waals surface area (Å²) in [5.74, 6) is -0.616. The van der Waals surface area contributed by atoms with Gasteiger partial charge in [0.05, 0.1) is 10.5 Å². The number of nitrogens with two attached hydrogens (primary N) is 1. The van der Waals surface area contributed by atoms with Crippen LogP contribution < -0.4 is 10.5 Å². The molecular weight excluding hydrogens is 283 g/mol. The lowest BCUT2D eigenvalue weighted by Gasteiger charge is -2.07. The topological polar surface area (TPSA) is 89.3 Å². The van der Waals surface area contributed by atoms with Gasteiger partial charge in [0.2, 0.25) is 10.0 Å². The first-order chi connectivity index (χ1) is 9.38. The van der Waals surface area contributed by atoms with Gasteiger partial charge in [-0.05, 0) is 37.0 Å². The van der Waals surface area contributed by atoms with Crippen molar-refractivity contribution >= 4 is 15.9 Å². The molecule has 5 nitrogen and oxygen atoms in total. The zero-order valence-electron chi connectivity index (χ0n) is 10.9. The average molecular weight is 300 g/mol. The summed E-state index contributed by atoms with van der Waals surface area (Å²) in [4.78, 5) is 11.5. The zero-order chi connectivity index (χ0) is 14.8. The summed E-state index contributed by atoms with van der Waals surface area (Å²) >= 11 is 0. The van der Waals surface area contributed by atoms with Gasteiger partial charge < -0.3 is 5.32 Å². The van der Waals surface area contributed by atoms with E-state index in [2.05, 4.69) is 5.32 Å². The largest absolute Gasteiger partial charge is 0.352 e. The van der Waals surface area contributed by atoms with E-state index in [1.54, 1.807) is 0 Å². The van der Waals surface area contributed by atoms with E-state index < -0.39 is 21.7 Å². The van der Waals surface area contributed by atoms with Crippen LogP contribution in [0.4, 0.5) is 4.39 Å². The first-order valence-corrected chi connectivity index (χ1v) is 8.03. The van der Waals surface area contributed by atoms with Gasteiger partial charge in [0.25, 0.3) is 5.91 Å². The van der Waals surface area contributed by atoms with Gasteiger partial charge in [0.1, 0.15) is 5.82 Å². The molecular formula is C13H17FN2O3S.